The molecule has 3 aromatic rings. The fraction of sp³-hybridized carbons (Fsp3) is 0.192. The topological polar surface area (TPSA) is 152 Å². The van der Waals surface area contributed by atoms with Gasteiger partial charge in [-0.15, -0.1) is 0 Å². The van der Waals surface area contributed by atoms with Crippen LogP contribution in [0.4, 0.5) is 28.8 Å². The molecule has 1 aliphatic rings. The van der Waals surface area contributed by atoms with E-state index in [9.17, 15) is 14.4 Å². The van der Waals surface area contributed by atoms with Crippen molar-refractivity contribution in [2.24, 2.45) is 5.73 Å². The van der Waals surface area contributed by atoms with Crippen LogP contribution >= 0.6 is 11.6 Å². The van der Waals surface area contributed by atoms with E-state index in [1.54, 1.807) is 42.5 Å². The van der Waals surface area contributed by atoms with E-state index in [0.717, 1.165) is 13.1 Å². The highest BCUT2D eigenvalue weighted by molar-refractivity contribution is 6.43. The predicted octanol–water partition coefficient (Wildman–Crippen LogP) is 3.11. The zero-order valence-corrected chi connectivity index (χ0v) is 21.1. The molecule has 0 atom stereocenters. The first-order valence-corrected chi connectivity index (χ1v) is 12.1. The number of hydrogen-bond donors (Lipinski definition) is 4. The van der Waals surface area contributed by atoms with Crippen LogP contribution in [0.15, 0.2) is 66.9 Å². The molecule has 12 heteroatoms. The second-order valence-corrected chi connectivity index (χ2v) is 8.81. The Labute approximate surface area is 224 Å². The minimum absolute atomic E-state index is 0.0860. The average Bonchev–Trinajstić information content (AvgIpc) is 2.91. The molecule has 1 saturated heterocycles. The standard InChI is InChI=1S/C26H26ClN7O4/c1-16(15-34-9-11-38-12-10-34)25(37)30-17-5-4-6-18(13-17)31-26-29-14-20(27)24(33-26)32-21-8-3-2-7-19(21)22(35)23(28)36/h2-8,13-14H,1,9-12,15H2,(H2,28,36)(H,30,37)(H2,29,31,32,33). The van der Waals surface area contributed by atoms with Crippen LogP contribution in [0, 0.1) is 0 Å². The number of rotatable bonds is 10. The number of nitrogens with two attached hydrogens (primary N) is 1. The molecule has 1 aliphatic heterocycles. The first-order valence-electron chi connectivity index (χ1n) is 11.7. The van der Waals surface area contributed by atoms with Gasteiger partial charge in [0, 0.05) is 36.6 Å². The van der Waals surface area contributed by atoms with Crippen molar-refractivity contribution in [1.82, 2.24) is 14.9 Å². The maximum Gasteiger partial charge on any atom is 0.289 e. The number of para-hydroxylation sites is 1. The van der Waals surface area contributed by atoms with Crippen molar-refractivity contribution in [1.29, 1.82) is 0 Å². The van der Waals surface area contributed by atoms with Crippen LogP contribution in [-0.2, 0) is 14.3 Å². The lowest BCUT2D eigenvalue weighted by atomic mass is 10.1. The number of nitrogens with zero attached hydrogens (tertiary/aromatic N) is 3. The summed E-state index contributed by atoms with van der Waals surface area (Å²) in [5.74, 6) is -1.78. The second-order valence-electron chi connectivity index (χ2n) is 8.41. The summed E-state index contributed by atoms with van der Waals surface area (Å²) in [6.45, 7) is 7.19. The molecule has 0 bridgehead atoms. The molecule has 0 unspecified atom stereocenters. The van der Waals surface area contributed by atoms with Crippen molar-refractivity contribution in [2.75, 3.05) is 48.8 Å². The molecule has 38 heavy (non-hydrogen) atoms. The Morgan fingerprint density at radius 1 is 1.05 bits per heavy atom. The molecule has 0 aliphatic carbocycles. The number of nitrogens with one attached hydrogen (secondary N) is 3. The fourth-order valence-corrected chi connectivity index (χ4v) is 3.83. The first-order chi connectivity index (χ1) is 18.3. The van der Waals surface area contributed by atoms with E-state index in [4.69, 9.17) is 22.1 Å². The molecule has 2 amide bonds. The molecule has 0 spiro atoms. The van der Waals surface area contributed by atoms with Gasteiger partial charge >= 0.3 is 0 Å². The van der Waals surface area contributed by atoms with Crippen LogP contribution in [0.5, 0.6) is 0 Å². The highest BCUT2D eigenvalue weighted by atomic mass is 35.5. The molecule has 5 N–H and O–H groups in total. The lowest BCUT2D eigenvalue weighted by molar-refractivity contribution is -0.114. The summed E-state index contributed by atoms with van der Waals surface area (Å²) in [6.07, 6.45) is 1.39. The number of aromatic nitrogens is 2. The molecule has 196 valence electrons. The highest BCUT2D eigenvalue weighted by Gasteiger charge is 2.18. The van der Waals surface area contributed by atoms with Crippen LogP contribution in [0.2, 0.25) is 5.02 Å². The lowest BCUT2D eigenvalue weighted by Gasteiger charge is -2.26. The van der Waals surface area contributed by atoms with E-state index < -0.39 is 11.7 Å². The van der Waals surface area contributed by atoms with Gasteiger partial charge in [-0.3, -0.25) is 19.3 Å². The van der Waals surface area contributed by atoms with Crippen molar-refractivity contribution >= 4 is 58.0 Å². The normalized spacial score (nSPS) is 13.4. The average molecular weight is 536 g/mol. The molecular formula is C26H26ClN7O4. The van der Waals surface area contributed by atoms with E-state index in [2.05, 4.69) is 37.4 Å². The quantitative estimate of drug-likeness (QED) is 0.174. The van der Waals surface area contributed by atoms with E-state index in [-0.39, 0.29) is 28.3 Å². The van der Waals surface area contributed by atoms with Crippen molar-refractivity contribution < 1.29 is 19.1 Å². The van der Waals surface area contributed by atoms with E-state index in [1.165, 1.54) is 12.3 Å². The van der Waals surface area contributed by atoms with Gasteiger partial charge in [0.1, 0.15) is 5.02 Å². The number of morpholine rings is 1. The molecule has 0 saturated carbocycles. The number of ether oxygens (including phenoxy) is 1. The van der Waals surface area contributed by atoms with Gasteiger partial charge < -0.3 is 26.4 Å². The van der Waals surface area contributed by atoms with Gasteiger partial charge in [0.15, 0.2) is 5.82 Å². The minimum atomic E-state index is -1.08. The Hall–Kier alpha value is -4.32. The third-order valence-corrected chi connectivity index (χ3v) is 5.89. The van der Waals surface area contributed by atoms with Gasteiger partial charge in [0.05, 0.1) is 30.7 Å². The van der Waals surface area contributed by atoms with E-state index in [0.29, 0.717) is 42.4 Å². The lowest BCUT2D eigenvalue weighted by Crippen LogP contribution is -2.38. The van der Waals surface area contributed by atoms with Crippen LogP contribution in [0.3, 0.4) is 0 Å². The Kier molecular flexibility index (Phi) is 8.64. The van der Waals surface area contributed by atoms with E-state index >= 15 is 0 Å². The number of ketones is 1. The van der Waals surface area contributed by atoms with Gasteiger partial charge in [-0.2, -0.15) is 4.98 Å². The molecule has 2 aromatic carbocycles. The summed E-state index contributed by atoms with van der Waals surface area (Å²) in [7, 11) is 0. The van der Waals surface area contributed by atoms with Crippen molar-refractivity contribution in [3.8, 4) is 0 Å². The maximum atomic E-state index is 12.6. The second kappa shape index (κ2) is 12.3. The number of primary amides is 1. The van der Waals surface area contributed by atoms with Gasteiger partial charge in [-0.1, -0.05) is 36.4 Å². The van der Waals surface area contributed by atoms with Crippen molar-refractivity contribution in [3.63, 3.8) is 0 Å². The number of Topliss-reactive ketones (excluding diaryl/α,β-unsaturated/α-hetero) is 1. The largest absolute Gasteiger partial charge is 0.379 e. The van der Waals surface area contributed by atoms with E-state index in [1.807, 2.05) is 0 Å². The number of hydrogen-bond acceptors (Lipinski definition) is 9. The first kappa shape index (κ1) is 26.7. The molecule has 0 radical (unpaired) electrons. The number of halogens is 1. The molecule has 1 fully saturated rings. The zero-order valence-electron chi connectivity index (χ0n) is 20.4. The third-order valence-electron chi connectivity index (χ3n) is 5.61. The monoisotopic (exact) mass is 535 g/mol. The Bertz CT molecular complexity index is 1380. The Balaban J connectivity index is 1.44. The number of amides is 2. The van der Waals surface area contributed by atoms with Crippen molar-refractivity contribution in [2.45, 2.75) is 0 Å². The molecular weight excluding hydrogens is 510 g/mol. The molecule has 1 aromatic heterocycles. The van der Waals surface area contributed by atoms with Crippen LogP contribution in [0.1, 0.15) is 10.4 Å². The van der Waals surface area contributed by atoms with Gasteiger partial charge in [0.2, 0.25) is 5.95 Å². The van der Waals surface area contributed by atoms with Crippen LogP contribution < -0.4 is 21.7 Å². The SMILES string of the molecule is C=C(CN1CCOCC1)C(=O)Nc1cccc(Nc2ncc(Cl)c(Nc3ccccc3C(=O)C(N)=O)n2)c1. The molecule has 4 rings (SSSR count). The maximum absolute atomic E-state index is 12.6. The summed E-state index contributed by atoms with van der Waals surface area (Å²) in [6, 6.07) is 13.4. The Morgan fingerprint density at radius 2 is 1.79 bits per heavy atom. The van der Waals surface area contributed by atoms with Crippen LogP contribution in [0.25, 0.3) is 0 Å². The van der Waals surface area contributed by atoms with Gasteiger partial charge in [0.25, 0.3) is 17.6 Å². The van der Waals surface area contributed by atoms with Crippen LogP contribution in [-0.4, -0.2) is 65.3 Å². The zero-order chi connectivity index (χ0) is 27.1. The fourth-order valence-electron chi connectivity index (χ4n) is 3.69. The number of carbonyl (C=O) groups is 3. The molecule has 2 heterocycles. The summed E-state index contributed by atoms with van der Waals surface area (Å²) in [5.41, 5.74) is 7.18. The summed E-state index contributed by atoms with van der Waals surface area (Å²) in [5, 5.41) is 9.07. The predicted molar refractivity (Wildman–Crippen MR) is 145 cm³/mol. The number of carbonyl (C=O) groups excluding carboxylic acids is 3. The van der Waals surface area contributed by atoms with Crippen molar-refractivity contribution in [3.05, 3.63) is 77.5 Å². The highest BCUT2D eigenvalue weighted by Crippen LogP contribution is 2.27. The summed E-state index contributed by atoms with van der Waals surface area (Å²) in [4.78, 5) is 46.9. The van der Waals surface area contributed by atoms with Gasteiger partial charge in [-0.25, -0.2) is 4.98 Å². The third kappa shape index (κ3) is 6.91. The summed E-state index contributed by atoms with van der Waals surface area (Å²) >= 11 is 6.27. The smallest absolute Gasteiger partial charge is 0.289 e. The number of benzene rings is 2. The minimum Gasteiger partial charge on any atom is -0.379 e. The summed E-state index contributed by atoms with van der Waals surface area (Å²) < 4.78 is 5.34. The number of anilines is 5. The molecule has 11 nitrogen and oxygen atoms in total. The Morgan fingerprint density at radius 3 is 2.55 bits per heavy atom. The van der Waals surface area contributed by atoms with Gasteiger partial charge in [-0.05, 0) is 30.3 Å².